The van der Waals surface area contributed by atoms with E-state index in [1.165, 1.54) is 7.11 Å². The summed E-state index contributed by atoms with van der Waals surface area (Å²) in [5.41, 5.74) is 4.15. The Labute approximate surface area is 248 Å². The van der Waals surface area contributed by atoms with Crippen molar-refractivity contribution < 1.29 is 23.8 Å². The van der Waals surface area contributed by atoms with Crippen molar-refractivity contribution in [3.63, 3.8) is 0 Å². The van der Waals surface area contributed by atoms with E-state index in [2.05, 4.69) is 37.3 Å². The number of fused-ring (bicyclic) bond motifs is 2. The molecule has 4 aromatic carbocycles. The standard InChI is InChI=1S/C36H39NO5/c1-23-20-26(34(38)40-6)18-19-28(23)32-21-27(41-33-17-10-9-15-31(32)33)22-37(35(39)42-36(3,4)5)24(2)29-16-11-13-25-12-7-8-14-30(25)29/h7-20,24,27,32H,21-22H2,1-6H3. The zero-order chi connectivity index (χ0) is 30.0. The Morgan fingerprint density at radius 1 is 0.952 bits per heavy atom. The second-order valence-corrected chi connectivity index (χ2v) is 12.0. The van der Waals surface area contributed by atoms with Gasteiger partial charge >= 0.3 is 12.1 Å². The highest BCUT2D eigenvalue weighted by molar-refractivity contribution is 5.89. The van der Waals surface area contributed by atoms with Crippen molar-refractivity contribution >= 4 is 22.8 Å². The first-order valence-corrected chi connectivity index (χ1v) is 14.5. The first kappa shape index (κ1) is 29.2. The third kappa shape index (κ3) is 6.13. The molecule has 5 rings (SSSR count). The van der Waals surface area contributed by atoms with E-state index in [-0.39, 0.29) is 30.1 Å². The van der Waals surface area contributed by atoms with E-state index >= 15 is 0 Å². The molecule has 0 aliphatic carbocycles. The topological polar surface area (TPSA) is 65.1 Å². The van der Waals surface area contributed by atoms with Gasteiger partial charge in [0.2, 0.25) is 0 Å². The minimum atomic E-state index is -0.644. The maximum Gasteiger partial charge on any atom is 0.410 e. The van der Waals surface area contributed by atoms with Crippen LogP contribution in [0.5, 0.6) is 5.75 Å². The van der Waals surface area contributed by atoms with Gasteiger partial charge in [0.15, 0.2) is 0 Å². The number of aryl methyl sites for hydroxylation is 1. The Bertz CT molecular complexity index is 1600. The Kier molecular flexibility index (Phi) is 8.26. The summed E-state index contributed by atoms with van der Waals surface area (Å²) >= 11 is 0. The lowest BCUT2D eigenvalue weighted by molar-refractivity contribution is 0.00570. The van der Waals surface area contributed by atoms with Gasteiger partial charge in [-0.2, -0.15) is 0 Å². The van der Waals surface area contributed by atoms with E-state index < -0.39 is 5.60 Å². The number of benzene rings is 4. The Hall–Kier alpha value is -4.32. The van der Waals surface area contributed by atoms with E-state index in [4.69, 9.17) is 14.2 Å². The van der Waals surface area contributed by atoms with Gasteiger partial charge in [0.25, 0.3) is 0 Å². The van der Waals surface area contributed by atoms with Crippen molar-refractivity contribution in [1.29, 1.82) is 0 Å². The molecular formula is C36H39NO5. The summed E-state index contributed by atoms with van der Waals surface area (Å²) in [5, 5.41) is 2.23. The molecule has 3 atom stereocenters. The molecule has 1 heterocycles. The number of rotatable bonds is 6. The molecule has 0 spiro atoms. The van der Waals surface area contributed by atoms with Crippen LogP contribution in [0.3, 0.4) is 0 Å². The molecule has 0 saturated heterocycles. The monoisotopic (exact) mass is 565 g/mol. The van der Waals surface area contributed by atoms with Gasteiger partial charge in [-0.3, -0.25) is 4.90 Å². The number of nitrogens with zero attached hydrogens (tertiary/aromatic N) is 1. The SMILES string of the molecule is COC(=O)c1ccc(C2CC(CN(C(=O)OC(C)(C)C)C(C)c3cccc4ccccc34)Oc3ccccc32)c(C)c1. The third-order valence-corrected chi connectivity index (χ3v) is 7.92. The quantitative estimate of drug-likeness (QED) is 0.220. The summed E-state index contributed by atoms with van der Waals surface area (Å²) in [7, 11) is 1.39. The largest absolute Gasteiger partial charge is 0.488 e. The van der Waals surface area contributed by atoms with Gasteiger partial charge in [-0.25, -0.2) is 9.59 Å². The molecule has 1 amide bonds. The first-order chi connectivity index (χ1) is 20.1. The van der Waals surface area contributed by atoms with E-state index in [0.29, 0.717) is 18.5 Å². The van der Waals surface area contributed by atoms with Crippen molar-refractivity contribution in [2.75, 3.05) is 13.7 Å². The van der Waals surface area contributed by atoms with Crippen LogP contribution in [-0.4, -0.2) is 42.3 Å². The fourth-order valence-electron chi connectivity index (χ4n) is 5.92. The summed E-state index contributed by atoms with van der Waals surface area (Å²) in [4.78, 5) is 27.7. The number of methoxy groups -OCH3 is 1. The van der Waals surface area contributed by atoms with E-state index in [0.717, 1.165) is 38.8 Å². The number of ether oxygens (including phenoxy) is 3. The lowest BCUT2D eigenvalue weighted by atomic mass is 9.81. The maximum absolute atomic E-state index is 13.8. The van der Waals surface area contributed by atoms with Crippen molar-refractivity contribution in [3.05, 3.63) is 113 Å². The Morgan fingerprint density at radius 2 is 1.67 bits per heavy atom. The number of carbonyl (C=O) groups excluding carboxylic acids is 2. The Balaban J connectivity index is 1.50. The molecule has 0 radical (unpaired) electrons. The van der Waals surface area contributed by atoms with Gasteiger partial charge in [0.05, 0.1) is 25.3 Å². The van der Waals surface area contributed by atoms with Crippen molar-refractivity contribution in [1.82, 2.24) is 4.90 Å². The van der Waals surface area contributed by atoms with Crippen LogP contribution in [0.15, 0.2) is 84.9 Å². The van der Waals surface area contributed by atoms with Crippen molar-refractivity contribution in [2.45, 2.75) is 64.7 Å². The van der Waals surface area contributed by atoms with Gasteiger partial charge in [0, 0.05) is 11.5 Å². The van der Waals surface area contributed by atoms with Crippen LogP contribution < -0.4 is 4.74 Å². The molecule has 6 heteroatoms. The fraction of sp³-hybridized carbons (Fsp3) is 0.333. The highest BCUT2D eigenvalue weighted by Crippen LogP contribution is 2.42. The predicted molar refractivity (Wildman–Crippen MR) is 165 cm³/mol. The molecule has 3 unspecified atom stereocenters. The van der Waals surface area contributed by atoms with Crippen molar-refractivity contribution in [2.24, 2.45) is 0 Å². The van der Waals surface area contributed by atoms with Crippen LogP contribution in [0.25, 0.3) is 10.8 Å². The number of amides is 1. The van der Waals surface area contributed by atoms with Crippen LogP contribution in [0.2, 0.25) is 0 Å². The molecule has 0 bridgehead atoms. The van der Waals surface area contributed by atoms with Crippen LogP contribution in [0.1, 0.15) is 78.7 Å². The fourth-order valence-corrected chi connectivity index (χ4v) is 5.92. The molecule has 42 heavy (non-hydrogen) atoms. The third-order valence-electron chi connectivity index (χ3n) is 7.92. The van der Waals surface area contributed by atoms with Gasteiger partial charge < -0.3 is 14.2 Å². The lowest BCUT2D eigenvalue weighted by Crippen LogP contribution is -2.45. The summed E-state index contributed by atoms with van der Waals surface area (Å²) in [5.74, 6) is 0.475. The number of hydrogen-bond donors (Lipinski definition) is 0. The van der Waals surface area contributed by atoms with Gasteiger partial charge in [-0.05, 0) is 86.7 Å². The molecule has 4 aromatic rings. The van der Waals surface area contributed by atoms with E-state index in [1.54, 1.807) is 4.90 Å². The average Bonchev–Trinajstić information content (AvgIpc) is 2.97. The summed E-state index contributed by atoms with van der Waals surface area (Å²) in [6.07, 6.45) is 0.00634. The van der Waals surface area contributed by atoms with Crippen LogP contribution in [0, 0.1) is 6.92 Å². The highest BCUT2D eigenvalue weighted by Gasteiger charge is 2.35. The van der Waals surface area contributed by atoms with E-state index in [9.17, 15) is 9.59 Å². The molecule has 0 saturated carbocycles. The molecule has 0 aromatic heterocycles. The predicted octanol–water partition coefficient (Wildman–Crippen LogP) is 8.22. The summed E-state index contributed by atoms with van der Waals surface area (Å²) in [6, 6.07) is 27.9. The molecule has 6 nitrogen and oxygen atoms in total. The second-order valence-electron chi connectivity index (χ2n) is 12.0. The minimum absolute atomic E-state index is 0.0278. The normalized spacial score (nSPS) is 17.1. The average molecular weight is 566 g/mol. The number of esters is 1. The second kappa shape index (κ2) is 11.9. The van der Waals surface area contributed by atoms with E-state index in [1.807, 2.05) is 82.3 Å². The zero-order valence-electron chi connectivity index (χ0n) is 25.2. The van der Waals surface area contributed by atoms with Crippen LogP contribution in [-0.2, 0) is 9.47 Å². The van der Waals surface area contributed by atoms with Gasteiger partial charge in [-0.15, -0.1) is 0 Å². The van der Waals surface area contributed by atoms with Gasteiger partial charge in [0.1, 0.15) is 17.5 Å². The zero-order valence-corrected chi connectivity index (χ0v) is 25.2. The van der Waals surface area contributed by atoms with Crippen molar-refractivity contribution in [3.8, 4) is 5.75 Å². The van der Waals surface area contributed by atoms with Crippen LogP contribution >= 0.6 is 0 Å². The minimum Gasteiger partial charge on any atom is -0.488 e. The van der Waals surface area contributed by atoms with Gasteiger partial charge in [-0.1, -0.05) is 66.7 Å². The summed E-state index contributed by atoms with van der Waals surface area (Å²) in [6.45, 7) is 10.1. The number of para-hydroxylation sites is 1. The molecular weight excluding hydrogens is 526 g/mol. The number of carbonyl (C=O) groups is 2. The van der Waals surface area contributed by atoms with Crippen LogP contribution in [0.4, 0.5) is 4.79 Å². The molecule has 1 aliphatic rings. The molecule has 218 valence electrons. The lowest BCUT2D eigenvalue weighted by Gasteiger charge is -2.38. The Morgan fingerprint density at radius 3 is 2.40 bits per heavy atom. The first-order valence-electron chi connectivity index (χ1n) is 14.5. The highest BCUT2D eigenvalue weighted by atomic mass is 16.6. The maximum atomic E-state index is 13.8. The summed E-state index contributed by atoms with van der Waals surface area (Å²) < 4.78 is 17.4. The molecule has 1 aliphatic heterocycles. The molecule has 0 N–H and O–H groups in total. The molecule has 0 fully saturated rings. The smallest absolute Gasteiger partial charge is 0.410 e. The number of hydrogen-bond acceptors (Lipinski definition) is 5.